The molecule has 4 nitrogen and oxygen atoms in total. The first-order chi connectivity index (χ1) is 7.34. The van der Waals surface area contributed by atoms with Gasteiger partial charge in [0.05, 0.1) is 5.52 Å². The molecule has 0 bridgehead atoms. The maximum Gasteiger partial charge on any atom is 0.259 e. The van der Waals surface area contributed by atoms with Crippen molar-refractivity contribution in [2.75, 3.05) is 0 Å². The SMILES string of the molecule is O=c1ccnc2nc3ccccc3cn12. The molecule has 0 radical (unpaired) electrons. The second-order valence-corrected chi connectivity index (χ2v) is 3.25. The minimum absolute atomic E-state index is 0.113. The Balaban J connectivity index is 2.59. The lowest BCUT2D eigenvalue weighted by Crippen LogP contribution is -2.13. The Morgan fingerprint density at radius 1 is 1.13 bits per heavy atom. The van der Waals surface area contributed by atoms with Gasteiger partial charge in [-0.05, 0) is 6.07 Å². The van der Waals surface area contributed by atoms with Crippen LogP contribution in [0.5, 0.6) is 0 Å². The molecule has 0 aliphatic heterocycles. The summed E-state index contributed by atoms with van der Waals surface area (Å²) < 4.78 is 1.45. The molecule has 0 saturated heterocycles. The molecule has 3 aromatic rings. The van der Waals surface area contributed by atoms with Crippen LogP contribution >= 0.6 is 0 Å². The summed E-state index contributed by atoms with van der Waals surface area (Å²) in [6.45, 7) is 0. The molecule has 15 heavy (non-hydrogen) atoms. The first-order valence-electron chi connectivity index (χ1n) is 4.58. The Morgan fingerprint density at radius 2 is 2.00 bits per heavy atom. The molecule has 0 aliphatic rings. The molecule has 3 rings (SSSR count). The van der Waals surface area contributed by atoms with Gasteiger partial charge < -0.3 is 0 Å². The molecule has 0 spiro atoms. The van der Waals surface area contributed by atoms with Crippen molar-refractivity contribution < 1.29 is 0 Å². The monoisotopic (exact) mass is 197 g/mol. The van der Waals surface area contributed by atoms with Crippen LogP contribution in [0.2, 0.25) is 0 Å². The lowest BCUT2D eigenvalue weighted by Gasteiger charge is -2.00. The van der Waals surface area contributed by atoms with E-state index in [2.05, 4.69) is 9.97 Å². The molecule has 72 valence electrons. The summed E-state index contributed by atoms with van der Waals surface area (Å²) in [6.07, 6.45) is 3.23. The number of hydrogen-bond acceptors (Lipinski definition) is 3. The van der Waals surface area contributed by atoms with E-state index in [-0.39, 0.29) is 5.56 Å². The number of para-hydroxylation sites is 1. The number of nitrogens with zero attached hydrogens (tertiary/aromatic N) is 3. The molecule has 4 heteroatoms. The highest BCUT2D eigenvalue weighted by atomic mass is 16.1. The van der Waals surface area contributed by atoms with Crippen molar-refractivity contribution in [3.05, 3.63) is 53.1 Å². The van der Waals surface area contributed by atoms with Crippen LogP contribution < -0.4 is 5.56 Å². The normalized spacial score (nSPS) is 10.9. The van der Waals surface area contributed by atoms with E-state index in [1.165, 1.54) is 16.7 Å². The van der Waals surface area contributed by atoms with Crippen LogP contribution in [-0.2, 0) is 0 Å². The zero-order chi connectivity index (χ0) is 10.3. The van der Waals surface area contributed by atoms with Gasteiger partial charge in [0.2, 0.25) is 5.78 Å². The molecule has 0 N–H and O–H groups in total. The Labute approximate surface area is 84.8 Å². The van der Waals surface area contributed by atoms with Crippen molar-refractivity contribution in [2.24, 2.45) is 0 Å². The molecule has 0 aliphatic carbocycles. The maximum absolute atomic E-state index is 11.5. The third kappa shape index (κ3) is 1.19. The first-order valence-corrected chi connectivity index (χ1v) is 4.58. The van der Waals surface area contributed by atoms with Gasteiger partial charge in [0, 0.05) is 23.8 Å². The van der Waals surface area contributed by atoms with Crippen LogP contribution in [-0.4, -0.2) is 14.4 Å². The molecule has 0 atom stereocenters. The molecule has 2 heterocycles. The summed E-state index contributed by atoms with van der Waals surface area (Å²) >= 11 is 0. The van der Waals surface area contributed by atoms with E-state index in [1.54, 1.807) is 6.20 Å². The van der Waals surface area contributed by atoms with E-state index < -0.39 is 0 Å². The minimum Gasteiger partial charge on any atom is -0.269 e. The number of benzene rings is 1. The highest BCUT2D eigenvalue weighted by molar-refractivity contribution is 5.78. The van der Waals surface area contributed by atoms with E-state index in [0.29, 0.717) is 5.78 Å². The zero-order valence-corrected chi connectivity index (χ0v) is 7.79. The Bertz CT molecular complexity index is 703. The molecule has 0 fully saturated rings. The van der Waals surface area contributed by atoms with E-state index in [9.17, 15) is 4.79 Å². The van der Waals surface area contributed by atoms with Gasteiger partial charge in [-0.1, -0.05) is 18.2 Å². The quantitative estimate of drug-likeness (QED) is 0.509. The minimum atomic E-state index is -0.113. The zero-order valence-electron chi connectivity index (χ0n) is 7.79. The lowest BCUT2D eigenvalue weighted by atomic mass is 10.2. The van der Waals surface area contributed by atoms with Crippen LogP contribution in [0.15, 0.2) is 47.5 Å². The van der Waals surface area contributed by atoms with Gasteiger partial charge in [0.1, 0.15) is 0 Å². The van der Waals surface area contributed by atoms with Crippen LogP contribution in [0.3, 0.4) is 0 Å². The summed E-state index contributed by atoms with van der Waals surface area (Å²) in [5.74, 6) is 0.432. The molecule has 0 amide bonds. The number of aromatic nitrogens is 3. The Morgan fingerprint density at radius 3 is 2.93 bits per heavy atom. The average molecular weight is 197 g/mol. The number of fused-ring (bicyclic) bond motifs is 2. The first kappa shape index (κ1) is 8.11. The largest absolute Gasteiger partial charge is 0.269 e. The average Bonchev–Trinajstić information content (AvgIpc) is 2.27. The van der Waals surface area contributed by atoms with Crippen molar-refractivity contribution in [3.8, 4) is 0 Å². The predicted octanol–water partition coefficient (Wildman–Crippen LogP) is 1.24. The van der Waals surface area contributed by atoms with E-state index >= 15 is 0 Å². The van der Waals surface area contributed by atoms with Crippen LogP contribution in [0.1, 0.15) is 0 Å². The van der Waals surface area contributed by atoms with E-state index in [0.717, 1.165) is 10.9 Å². The standard InChI is InChI=1S/C11H7N3O/c15-10-5-6-12-11-13-9-4-2-1-3-8(9)7-14(10)11/h1-7H. The summed E-state index contributed by atoms with van der Waals surface area (Å²) in [5.41, 5.74) is 0.730. The summed E-state index contributed by atoms with van der Waals surface area (Å²) in [7, 11) is 0. The Kier molecular flexibility index (Phi) is 1.56. The van der Waals surface area contributed by atoms with Crippen molar-refractivity contribution >= 4 is 16.7 Å². The van der Waals surface area contributed by atoms with Crippen molar-refractivity contribution in [1.29, 1.82) is 0 Å². The number of hydrogen-bond donors (Lipinski definition) is 0. The highest BCUT2D eigenvalue weighted by Crippen LogP contribution is 2.09. The van der Waals surface area contributed by atoms with E-state index in [4.69, 9.17) is 0 Å². The maximum atomic E-state index is 11.5. The lowest BCUT2D eigenvalue weighted by molar-refractivity contribution is 1.02. The highest BCUT2D eigenvalue weighted by Gasteiger charge is 2.00. The third-order valence-electron chi connectivity index (χ3n) is 2.29. The van der Waals surface area contributed by atoms with Gasteiger partial charge in [0.25, 0.3) is 5.56 Å². The van der Waals surface area contributed by atoms with Gasteiger partial charge >= 0.3 is 0 Å². The predicted molar refractivity (Wildman–Crippen MR) is 56.8 cm³/mol. The topological polar surface area (TPSA) is 47.3 Å². The van der Waals surface area contributed by atoms with Crippen LogP contribution in [0, 0.1) is 0 Å². The van der Waals surface area contributed by atoms with Gasteiger partial charge in [-0.15, -0.1) is 0 Å². The fourth-order valence-electron chi connectivity index (χ4n) is 1.56. The summed E-state index contributed by atoms with van der Waals surface area (Å²) in [4.78, 5) is 19.8. The summed E-state index contributed by atoms with van der Waals surface area (Å²) in [6, 6.07) is 9.06. The molecule has 0 saturated carbocycles. The Hall–Kier alpha value is -2.23. The molecule has 2 aromatic heterocycles. The van der Waals surface area contributed by atoms with Crippen molar-refractivity contribution in [1.82, 2.24) is 14.4 Å². The van der Waals surface area contributed by atoms with Crippen LogP contribution in [0.25, 0.3) is 16.7 Å². The van der Waals surface area contributed by atoms with Gasteiger partial charge in [-0.25, -0.2) is 9.97 Å². The van der Waals surface area contributed by atoms with Gasteiger partial charge in [0.15, 0.2) is 0 Å². The van der Waals surface area contributed by atoms with E-state index in [1.807, 2.05) is 24.3 Å². The fraction of sp³-hybridized carbons (Fsp3) is 0. The van der Waals surface area contributed by atoms with Crippen molar-refractivity contribution in [2.45, 2.75) is 0 Å². The second kappa shape index (κ2) is 2.88. The van der Waals surface area contributed by atoms with Crippen molar-refractivity contribution in [3.63, 3.8) is 0 Å². The number of rotatable bonds is 0. The molecule has 0 unspecified atom stereocenters. The van der Waals surface area contributed by atoms with Crippen LogP contribution in [0.4, 0.5) is 0 Å². The fourth-order valence-corrected chi connectivity index (χ4v) is 1.56. The van der Waals surface area contributed by atoms with Gasteiger partial charge in [-0.3, -0.25) is 9.20 Å². The molecular weight excluding hydrogens is 190 g/mol. The molecule has 1 aromatic carbocycles. The van der Waals surface area contributed by atoms with Gasteiger partial charge in [-0.2, -0.15) is 0 Å². The second-order valence-electron chi connectivity index (χ2n) is 3.25. The third-order valence-corrected chi connectivity index (χ3v) is 2.29. The smallest absolute Gasteiger partial charge is 0.259 e. The summed E-state index contributed by atoms with van der Waals surface area (Å²) in [5, 5.41) is 0.931. The molecular formula is C11H7N3O.